The van der Waals surface area contributed by atoms with E-state index < -0.39 is 0 Å². The Morgan fingerprint density at radius 3 is 2.15 bits per heavy atom. The van der Waals surface area contributed by atoms with Crippen molar-refractivity contribution in [2.24, 2.45) is 0 Å². The zero-order valence-electron chi connectivity index (χ0n) is 15.4. The summed E-state index contributed by atoms with van der Waals surface area (Å²) in [6.07, 6.45) is 1.06. The van der Waals surface area contributed by atoms with Gasteiger partial charge in [-0.3, -0.25) is 4.79 Å². The molecule has 0 aliphatic heterocycles. The third-order valence-electron chi connectivity index (χ3n) is 4.36. The van der Waals surface area contributed by atoms with Gasteiger partial charge in [-0.05, 0) is 23.6 Å². The van der Waals surface area contributed by atoms with Crippen molar-refractivity contribution in [1.82, 2.24) is 0 Å². The summed E-state index contributed by atoms with van der Waals surface area (Å²) < 4.78 is 11.3. The molecule has 0 bridgehead atoms. The SMILES string of the molecule is COc1cc(N)c(C(=O)CCc2ccccc2)cc1OCc1ccccc1. The van der Waals surface area contributed by atoms with E-state index in [0.29, 0.717) is 42.2 Å². The maximum absolute atomic E-state index is 12.7. The van der Waals surface area contributed by atoms with Crippen LogP contribution in [-0.2, 0) is 13.0 Å². The van der Waals surface area contributed by atoms with Crippen molar-refractivity contribution in [1.29, 1.82) is 0 Å². The minimum atomic E-state index is -0.0106. The Morgan fingerprint density at radius 2 is 1.52 bits per heavy atom. The van der Waals surface area contributed by atoms with Gasteiger partial charge < -0.3 is 15.2 Å². The van der Waals surface area contributed by atoms with Crippen LogP contribution < -0.4 is 15.2 Å². The lowest BCUT2D eigenvalue weighted by molar-refractivity contribution is 0.0983. The summed E-state index contributed by atoms with van der Waals surface area (Å²) in [5, 5.41) is 0. The van der Waals surface area contributed by atoms with E-state index in [1.165, 1.54) is 0 Å². The second-order valence-electron chi connectivity index (χ2n) is 6.27. The predicted octanol–water partition coefficient (Wildman–Crippen LogP) is 4.67. The van der Waals surface area contributed by atoms with E-state index in [1.54, 1.807) is 19.2 Å². The number of ether oxygens (including phenoxy) is 2. The quantitative estimate of drug-likeness (QED) is 0.468. The van der Waals surface area contributed by atoms with E-state index in [0.717, 1.165) is 11.1 Å². The summed E-state index contributed by atoms with van der Waals surface area (Å²) in [5.41, 5.74) is 9.11. The van der Waals surface area contributed by atoms with Crippen LogP contribution in [0.2, 0.25) is 0 Å². The van der Waals surface area contributed by atoms with E-state index in [4.69, 9.17) is 15.2 Å². The van der Waals surface area contributed by atoms with E-state index in [-0.39, 0.29) is 5.78 Å². The molecule has 0 amide bonds. The largest absolute Gasteiger partial charge is 0.493 e. The fourth-order valence-electron chi connectivity index (χ4n) is 2.86. The van der Waals surface area contributed by atoms with Crippen molar-refractivity contribution in [2.45, 2.75) is 19.4 Å². The van der Waals surface area contributed by atoms with Gasteiger partial charge >= 0.3 is 0 Å². The molecule has 0 saturated heterocycles. The van der Waals surface area contributed by atoms with Crippen molar-refractivity contribution < 1.29 is 14.3 Å². The molecule has 0 fully saturated rings. The van der Waals surface area contributed by atoms with Crippen LogP contribution >= 0.6 is 0 Å². The summed E-state index contributed by atoms with van der Waals surface area (Å²) in [4.78, 5) is 12.7. The van der Waals surface area contributed by atoms with Crippen LogP contribution in [0.3, 0.4) is 0 Å². The monoisotopic (exact) mass is 361 g/mol. The lowest BCUT2D eigenvalue weighted by Crippen LogP contribution is -2.07. The molecule has 4 heteroatoms. The predicted molar refractivity (Wildman–Crippen MR) is 107 cm³/mol. The van der Waals surface area contributed by atoms with Crippen LogP contribution in [0, 0.1) is 0 Å². The normalized spacial score (nSPS) is 10.4. The summed E-state index contributed by atoms with van der Waals surface area (Å²) in [7, 11) is 1.56. The number of carbonyl (C=O) groups is 1. The van der Waals surface area contributed by atoms with Gasteiger partial charge in [0.2, 0.25) is 0 Å². The molecule has 2 N–H and O–H groups in total. The highest BCUT2D eigenvalue weighted by molar-refractivity contribution is 6.01. The molecule has 0 atom stereocenters. The van der Waals surface area contributed by atoms with Gasteiger partial charge in [0.15, 0.2) is 17.3 Å². The van der Waals surface area contributed by atoms with Gasteiger partial charge in [0.25, 0.3) is 0 Å². The maximum Gasteiger partial charge on any atom is 0.165 e. The Balaban J connectivity index is 1.75. The van der Waals surface area contributed by atoms with E-state index >= 15 is 0 Å². The number of carbonyl (C=O) groups excluding carboxylic acids is 1. The van der Waals surface area contributed by atoms with Crippen LogP contribution in [0.5, 0.6) is 11.5 Å². The molecule has 0 radical (unpaired) electrons. The highest BCUT2D eigenvalue weighted by atomic mass is 16.5. The van der Waals surface area contributed by atoms with Gasteiger partial charge in [-0.2, -0.15) is 0 Å². The number of hydrogen-bond donors (Lipinski definition) is 1. The topological polar surface area (TPSA) is 61.5 Å². The van der Waals surface area contributed by atoms with E-state index in [1.807, 2.05) is 60.7 Å². The van der Waals surface area contributed by atoms with Gasteiger partial charge in [-0.25, -0.2) is 0 Å². The highest BCUT2D eigenvalue weighted by Gasteiger charge is 2.16. The maximum atomic E-state index is 12.7. The fourth-order valence-corrected chi connectivity index (χ4v) is 2.86. The average Bonchev–Trinajstić information content (AvgIpc) is 2.72. The summed E-state index contributed by atoms with van der Waals surface area (Å²) in [6.45, 7) is 0.388. The summed E-state index contributed by atoms with van der Waals surface area (Å²) in [6, 6.07) is 23.1. The number of methoxy groups -OCH3 is 1. The molecule has 138 valence electrons. The fraction of sp³-hybridized carbons (Fsp3) is 0.174. The number of hydrogen-bond acceptors (Lipinski definition) is 4. The first kappa shape index (κ1) is 18.5. The van der Waals surface area contributed by atoms with Crippen molar-refractivity contribution in [3.05, 3.63) is 89.5 Å². The molecule has 3 aromatic rings. The molecule has 27 heavy (non-hydrogen) atoms. The number of ketones is 1. The lowest BCUT2D eigenvalue weighted by atomic mass is 10.0. The molecule has 4 nitrogen and oxygen atoms in total. The molecule has 0 saturated carbocycles. The number of anilines is 1. The molecule has 3 aromatic carbocycles. The Bertz CT molecular complexity index is 892. The van der Waals surface area contributed by atoms with Crippen LogP contribution in [-0.4, -0.2) is 12.9 Å². The average molecular weight is 361 g/mol. The minimum Gasteiger partial charge on any atom is -0.493 e. The zero-order chi connectivity index (χ0) is 19.1. The Hall–Kier alpha value is -3.27. The Kier molecular flexibility index (Phi) is 6.10. The van der Waals surface area contributed by atoms with E-state index in [9.17, 15) is 4.79 Å². The minimum absolute atomic E-state index is 0.0106. The van der Waals surface area contributed by atoms with Crippen molar-refractivity contribution in [3.8, 4) is 11.5 Å². The molecule has 0 aromatic heterocycles. The third kappa shape index (κ3) is 4.88. The molecular formula is C23H23NO3. The summed E-state index contributed by atoms with van der Waals surface area (Å²) >= 11 is 0. The van der Waals surface area contributed by atoms with Gasteiger partial charge in [0.1, 0.15) is 6.61 Å². The van der Waals surface area contributed by atoms with Crippen LogP contribution in [0.15, 0.2) is 72.8 Å². The lowest BCUT2D eigenvalue weighted by Gasteiger charge is -2.14. The van der Waals surface area contributed by atoms with Crippen molar-refractivity contribution in [3.63, 3.8) is 0 Å². The number of nitrogens with two attached hydrogens (primary N) is 1. The number of nitrogen functional groups attached to an aromatic ring is 1. The van der Waals surface area contributed by atoms with Crippen LogP contribution in [0.25, 0.3) is 0 Å². The first-order valence-electron chi connectivity index (χ1n) is 8.88. The Labute approximate surface area is 159 Å². The number of aryl methyl sites for hydroxylation is 1. The van der Waals surface area contributed by atoms with Crippen molar-refractivity contribution in [2.75, 3.05) is 12.8 Å². The first-order valence-corrected chi connectivity index (χ1v) is 8.88. The van der Waals surface area contributed by atoms with E-state index in [2.05, 4.69) is 0 Å². The number of rotatable bonds is 8. The number of Topliss-reactive ketones (excluding diaryl/α,β-unsaturated/α-hetero) is 1. The third-order valence-corrected chi connectivity index (χ3v) is 4.36. The van der Waals surface area contributed by atoms with Gasteiger partial charge in [-0.15, -0.1) is 0 Å². The molecule has 0 unspecified atom stereocenters. The van der Waals surface area contributed by atoms with Crippen LogP contribution in [0.4, 0.5) is 5.69 Å². The molecule has 0 aliphatic rings. The standard InChI is InChI=1S/C23H23NO3/c1-26-22-15-20(24)19(21(25)13-12-17-8-4-2-5-9-17)14-23(22)27-16-18-10-6-3-7-11-18/h2-11,14-15H,12-13,16,24H2,1H3. The van der Waals surface area contributed by atoms with Gasteiger partial charge in [-0.1, -0.05) is 60.7 Å². The smallest absolute Gasteiger partial charge is 0.165 e. The second-order valence-corrected chi connectivity index (χ2v) is 6.27. The molecular weight excluding hydrogens is 338 g/mol. The second kappa shape index (κ2) is 8.90. The zero-order valence-corrected chi connectivity index (χ0v) is 15.4. The summed E-state index contributed by atoms with van der Waals surface area (Å²) in [5.74, 6) is 1.02. The molecule has 0 heterocycles. The molecule has 0 spiro atoms. The van der Waals surface area contributed by atoms with Crippen molar-refractivity contribution >= 4 is 11.5 Å². The van der Waals surface area contributed by atoms with Gasteiger partial charge in [0, 0.05) is 23.7 Å². The first-order chi connectivity index (χ1) is 13.2. The number of benzene rings is 3. The Morgan fingerprint density at radius 1 is 0.889 bits per heavy atom. The van der Waals surface area contributed by atoms with Crippen LogP contribution in [0.1, 0.15) is 27.9 Å². The highest BCUT2D eigenvalue weighted by Crippen LogP contribution is 2.33. The molecule has 0 aliphatic carbocycles. The molecule has 3 rings (SSSR count). The van der Waals surface area contributed by atoms with Gasteiger partial charge in [0.05, 0.1) is 7.11 Å².